The van der Waals surface area contributed by atoms with Crippen molar-refractivity contribution in [3.05, 3.63) is 85.2 Å². The summed E-state index contributed by atoms with van der Waals surface area (Å²) >= 11 is 0. The van der Waals surface area contributed by atoms with Crippen LogP contribution < -0.4 is 10.1 Å². The van der Waals surface area contributed by atoms with E-state index in [2.05, 4.69) is 18.5 Å². The third kappa shape index (κ3) is 5.88. The number of amides is 2. The van der Waals surface area contributed by atoms with Gasteiger partial charge in [0.15, 0.2) is 0 Å². The van der Waals surface area contributed by atoms with Gasteiger partial charge in [0.1, 0.15) is 18.1 Å². The van der Waals surface area contributed by atoms with Gasteiger partial charge in [-0.3, -0.25) is 9.59 Å². The number of carbonyl (C=O) groups excluding carboxylic acids is 2. The van der Waals surface area contributed by atoms with Gasteiger partial charge >= 0.3 is 0 Å². The summed E-state index contributed by atoms with van der Waals surface area (Å²) in [5.41, 5.74) is 2.50. The number of fused-ring (bicyclic) bond motifs is 1. The molecule has 1 N–H and O–H groups in total. The van der Waals surface area contributed by atoms with Gasteiger partial charge in [-0.05, 0) is 36.8 Å². The molecule has 3 aromatic rings. The van der Waals surface area contributed by atoms with E-state index >= 15 is 0 Å². The molecule has 1 unspecified atom stereocenters. The van der Waals surface area contributed by atoms with Crippen LogP contribution in [0.15, 0.2) is 73.8 Å². The second-order valence-electron chi connectivity index (χ2n) is 7.73. The molecule has 1 aromatic heterocycles. The minimum atomic E-state index is -0.386. The molecule has 3 rings (SSSR count). The summed E-state index contributed by atoms with van der Waals surface area (Å²) in [6.07, 6.45) is 3.62. The van der Waals surface area contributed by atoms with Gasteiger partial charge < -0.3 is 19.5 Å². The Morgan fingerprint density at radius 2 is 1.79 bits per heavy atom. The molecule has 0 aliphatic heterocycles. The normalized spacial score (nSPS) is 11.6. The molecule has 0 saturated carbocycles. The van der Waals surface area contributed by atoms with Gasteiger partial charge in [0.25, 0.3) is 0 Å². The topological polar surface area (TPSA) is 76.5 Å². The lowest BCUT2D eigenvalue weighted by Crippen LogP contribution is -2.35. The lowest BCUT2D eigenvalue weighted by molar-refractivity contribution is -0.130. The highest BCUT2D eigenvalue weighted by Crippen LogP contribution is 2.21. The molecule has 1 heterocycles. The SMILES string of the molecule is C=CCN(CC=C)C(=O)Cn1c(C(C)NC(=O)Cc2ccc(OC)cc2)nc2ccccc21. The zero-order chi connectivity index (χ0) is 23.8. The van der Waals surface area contributed by atoms with Crippen LogP contribution in [0.25, 0.3) is 11.0 Å². The maximum absolute atomic E-state index is 13.0. The average molecular weight is 447 g/mol. The van der Waals surface area contributed by atoms with Crippen molar-refractivity contribution in [1.82, 2.24) is 19.8 Å². The number of benzene rings is 2. The van der Waals surface area contributed by atoms with Gasteiger partial charge in [0.2, 0.25) is 11.8 Å². The highest BCUT2D eigenvalue weighted by Gasteiger charge is 2.21. The van der Waals surface area contributed by atoms with E-state index in [0.29, 0.717) is 18.9 Å². The van der Waals surface area contributed by atoms with Crippen LogP contribution in [0.1, 0.15) is 24.4 Å². The maximum Gasteiger partial charge on any atom is 0.243 e. The number of nitrogens with zero attached hydrogens (tertiary/aromatic N) is 3. The summed E-state index contributed by atoms with van der Waals surface area (Å²) in [5.74, 6) is 1.17. The molecule has 1 atom stereocenters. The Hall–Kier alpha value is -3.87. The average Bonchev–Trinajstić information content (AvgIpc) is 3.18. The van der Waals surface area contributed by atoms with Crippen LogP contribution in [0.4, 0.5) is 0 Å². The monoisotopic (exact) mass is 446 g/mol. The number of nitrogens with one attached hydrogen (secondary N) is 1. The Bertz CT molecular complexity index is 1120. The molecule has 0 saturated heterocycles. The predicted molar refractivity (Wildman–Crippen MR) is 130 cm³/mol. The standard InChI is InChI=1S/C26H30N4O3/c1-5-15-29(16-6-2)25(32)18-30-23-10-8-7-9-22(23)28-26(30)19(3)27-24(31)17-20-11-13-21(33-4)14-12-20/h5-14,19H,1-2,15-18H2,3-4H3,(H,27,31). The van der Waals surface area contributed by atoms with Crippen LogP contribution >= 0.6 is 0 Å². The van der Waals surface area contributed by atoms with Gasteiger partial charge in [0.05, 0.1) is 30.6 Å². The number of hydrogen-bond acceptors (Lipinski definition) is 4. The fourth-order valence-corrected chi connectivity index (χ4v) is 3.70. The smallest absolute Gasteiger partial charge is 0.243 e. The third-order valence-electron chi connectivity index (χ3n) is 5.32. The predicted octanol–water partition coefficient (Wildman–Crippen LogP) is 3.67. The molecule has 0 radical (unpaired) electrons. The lowest BCUT2D eigenvalue weighted by atomic mass is 10.1. The number of aromatic nitrogens is 2. The van der Waals surface area contributed by atoms with Gasteiger partial charge in [-0.15, -0.1) is 13.2 Å². The molecule has 7 nitrogen and oxygen atoms in total. The fraction of sp³-hybridized carbons (Fsp3) is 0.269. The van der Waals surface area contributed by atoms with E-state index < -0.39 is 0 Å². The second kappa shape index (κ2) is 11.1. The highest BCUT2D eigenvalue weighted by molar-refractivity contribution is 5.82. The molecular formula is C26H30N4O3. The Morgan fingerprint density at radius 1 is 1.12 bits per heavy atom. The largest absolute Gasteiger partial charge is 0.497 e. The summed E-state index contributed by atoms with van der Waals surface area (Å²) < 4.78 is 7.03. The number of carbonyl (C=O) groups is 2. The Labute approximate surface area is 194 Å². The molecule has 33 heavy (non-hydrogen) atoms. The molecule has 7 heteroatoms. The van der Waals surface area contributed by atoms with E-state index in [1.807, 2.05) is 60.0 Å². The summed E-state index contributed by atoms with van der Waals surface area (Å²) in [4.78, 5) is 32.1. The van der Waals surface area contributed by atoms with Gasteiger partial charge in [-0.25, -0.2) is 4.98 Å². The van der Waals surface area contributed by atoms with Crippen molar-refractivity contribution in [3.63, 3.8) is 0 Å². The number of hydrogen-bond donors (Lipinski definition) is 1. The van der Waals surface area contributed by atoms with Gasteiger partial charge in [-0.1, -0.05) is 36.4 Å². The van der Waals surface area contributed by atoms with Crippen molar-refractivity contribution < 1.29 is 14.3 Å². The van der Waals surface area contributed by atoms with E-state index in [4.69, 9.17) is 9.72 Å². The van der Waals surface area contributed by atoms with Crippen LogP contribution in [0, 0.1) is 0 Å². The lowest BCUT2D eigenvalue weighted by Gasteiger charge is -2.22. The summed E-state index contributed by atoms with van der Waals surface area (Å²) in [6.45, 7) is 10.3. The van der Waals surface area contributed by atoms with Crippen LogP contribution in [-0.4, -0.2) is 46.5 Å². The third-order valence-corrected chi connectivity index (χ3v) is 5.32. The van der Waals surface area contributed by atoms with Gasteiger partial charge in [-0.2, -0.15) is 0 Å². The molecule has 0 aliphatic rings. The summed E-state index contributed by atoms with van der Waals surface area (Å²) in [7, 11) is 1.61. The molecule has 0 aliphatic carbocycles. The summed E-state index contributed by atoms with van der Waals surface area (Å²) in [5, 5.41) is 3.02. The van der Waals surface area contributed by atoms with Gasteiger partial charge in [0, 0.05) is 13.1 Å². The molecule has 2 amide bonds. The van der Waals surface area contributed by atoms with E-state index in [1.165, 1.54) is 0 Å². The number of imidazole rings is 1. The van der Waals surface area contributed by atoms with E-state index in [1.54, 1.807) is 24.2 Å². The fourth-order valence-electron chi connectivity index (χ4n) is 3.70. The zero-order valence-electron chi connectivity index (χ0n) is 19.2. The van der Waals surface area contributed by atoms with E-state index in [-0.39, 0.29) is 30.8 Å². The zero-order valence-corrected chi connectivity index (χ0v) is 19.2. The quantitative estimate of drug-likeness (QED) is 0.456. The second-order valence-corrected chi connectivity index (χ2v) is 7.73. The first-order valence-electron chi connectivity index (χ1n) is 10.8. The minimum absolute atomic E-state index is 0.0732. The highest BCUT2D eigenvalue weighted by atomic mass is 16.5. The molecular weight excluding hydrogens is 416 g/mol. The first kappa shape index (κ1) is 23.8. The minimum Gasteiger partial charge on any atom is -0.497 e. The van der Waals surface area contributed by atoms with Crippen molar-refractivity contribution in [1.29, 1.82) is 0 Å². The van der Waals surface area contributed by atoms with Crippen LogP contribution in [0.3, 0.4) is 0 Å². The Balaban J connectivity index is 1.80. The first-order chi connectivity index (χ1) is 16.0. The number of ether oxygens (including phenoxy) is 1. The number of rotatable bonds is 11. The Morgan fingerprint density at radius 3 is 2.42 bits per heavy atom. The van der Waals surface area contributed by atoms with Crippen LogP contribution in [0.5, 0.6) is 5.75 Å². The molecule has 0 fully saturated rings. The molecule has 2 aromatic carbocycles. The van der Waals surface area contributed by atoms with Crippen molar-refractivity contribution >= 4 is 22.8 Å². The van der Waals surface area contributed by atoms with Crippen molar-refractivity contribution in [3.8, 4) is 5.75 Å². The van der Waals surface area contributed by atoms with Crippen molar-refractivity contribution in [2.45, 2.75) is 25.9 Å². The van der Waals surface area contributed by atoms with E-state index in [9.17, 15) is 9.59 Å². The van der Waals surface area contributed by atoms with Crippen molar-refractivity contribution in [2.75, 3.05) is 20.2 Å². The first-order valence-corrected chi connectivity index (χ1v) is 10.8. The van der Waals surface area contributed by atoms with E-state index in [0.717, 1.165) is 22.3 Å². The number of para-hydroxylation sites is 2. The summed E-state index contributed by atoms with van der Waals surface area (Å²) in [6, 6.07) is 14.6. The maximum atomic E-state index is 13.0. The molecule has 0 spiro atoms. The van der Waals surface area contributed by atoms with Crippen LogP contribution in [0.2, 0.25) is 0 Å². The molecule has 0 bridgehead atoms. The van der Waals surface area contributed by atoms with Crippen molar-refractivity contribution in [2.24, 2.45) is 0 Å². The Kier molecular flexibility index (Phi) is 8.02. The number of methoxy groups -OCH3 is 1. The van der Waals surface area contributed by atoms with Crippen LogP contribution in [-0.2, 0) is 22.6 Å². The molecule has 172 valence electrons.